The molecule has 0 aromatic carbocycles. The lowest BCUT2D eigenvalue weighted by molar-refractivity contribution is -0.158. The van der Waals surface area contributed by atoms with Gasteiger partial charge in [0, 0.05) is 0 Å². The van der Waals surface area contributed by atoms with Crippen LogP contribution in [0.4, 0.5) is 0 Å². The predicted molar refractivity (Wildman–Crippen MR) is 50.1 cm³/mol. The molecule has 0 aromatic heterocycles. The molecule has 0 amide bonds. The van der Waals surface area contributed by atoms with Crippen molar-refractivity contribution in [1.29, 1.82) is 0 Å². The number of carbonyl (C=O) groups is 1. The first-order chi connectivity index (χ1) is 5.96. The zero-order valence-electron chi connectivity index (χ0n) is 8.33. The average molecular weight is 184 g/mol. The highest BCUT2D eigenvalue weighted by Gasteiger charge is 2.35. The van der Waals surface area contributed by atoms with Crippen LogP contribution in [0.3, 0.4) is 0 Å². The summed E-state index contributed by atoms with van der Waals surface area (Å²) >= 11 is 0. The van der Waals surface area contributed by atoms with Gasteiger partial charge in [-0.3, -0.25) is 4.79 Å². The van der Waals surface area contributed by atoms with Gasteiger partial charge in [-0.1, -0.05) is 6.58 Å². The Morgan fingerprint density at radius 1 is 1.77 bits per heavy atom. The van der Waals surface area contributed by atoms with Gasteiger partial charge in [0.1, 0.15) is 0 Å². The Hall–Kier alpha value is -1.05. The zero-order chi connectivity index (χ0) is 10.5. The lowest BCUT2D eigenvalue weighted by Gasteiger charge is -2.25. The van der Waals surface area contributed by atoms with Crippen molar-refractivity contribution >= 4 is 5.97 Å². The maximum absolute atomic E-state index is 11.3. The van der Waals surface area contributed by atoms with E-state index in [2.05, 4.69) is 12.3 Å². The molecule has 0 aliphatic carbocycles. The number of aliphatic hydroxyl groups is 1. The van der Waals surface area contributed by atoms with Crippen molar-refractivity contribution in [3.8, 4) is 0 Å². The number of hydrogen-bond donors (Lipinski definition) is 1. The van der Waals surface area contributed by atoms with E-state index >= 15 is 0 Å². The van der Waals surface area contributed by atoms with E-state index in [9.17, 15) is 9.90 Å². The third-order valence-corrected chi connectivity index (χ3v) is 1.82. The van der Waals surface area contributed by atoms with Gasteiger partial charge in [0.2, 0.25) is 0 Å². The zero-order valence-corrected chi connectivity index (χ0v) is 8.33. The van der Waals surface area contributed by atoms with E-state index in [1.165, 1.54) is 6.08 Å². The first kappa shape index (κ1) is 11.9. The van der Waals surface area contributed by atoms with E-state index in [0.29, 0.717) is 6.61 Å². The number of carbonyl (C=O) groups excluding carboxylic acids is 1. The molecule has 0 rings (SSSR count). The average Bonchev–Trinajstić information content (AvgIpc) is 2.05. The van der Waals surface area contributed by atoms with Crippen molar-refractivity contribution < 1.29 is 14.6 Å². The van der Waals surface area contributed by atoms with Gasteiger partial charge in [-0.25, -0.2) is 0 Å². The number of ether oxygens (including phenoxy) is 1. The highest BCUT2D eigenvalue weighted by Crippen LogP contribution is 2.23. The van der Waals surface area contributed by atoms with Crippen molar-refractivity contribution in [2.75, 3.05) is 6.61 Å². The number of aliphatic hydroxyl groups excluding tert-OH is 1. The molecule has 0 saturated carbocycles. The summed E-state index contributed by atoms with van der Waals surface area (Å²) in [7, 11) is 0. The quantitative estimate of drug-likeness (QED) is 0.529. The van der Waals surface area contributed by atoms with Crippen molar-refractivity contribution in [3.05, 3.63) is 18.4 Å². The minimum atomic E-state index is -0.944. The van der Waals surface area contributed by atoms with Crippen LogP contribution >= 0.6 is 0 Å². The lowest BCUT2D eigenvalue weighted by atomic mass is 9.86. The van der Waals surface area contributed by atoms with Crippen LogP contribution in [0, 0.1) is 5.41 Å². The molecule has 0 aromatic rings. The van der Waals surface area contributed by atoms with E-state index < -0.39 is 17.5 Å². The Morgan fingerprint density at radius 2 is 2.31 bits per heavy atom. The molecule has 3 nitrogen and oxygen atoms in total. The van der Waals surface area contributed by atoms with Crippen LogP contribution in [0.15, 0.2) is 18.4 Å². The topological polar surface area (TPSA) is 46.5 Å². The summed E-state index contributed by atoms with van der Waals surface area (Å²) in [5.74, 6) is -0.422. The molecule has 0 unspecified atom stereocenters. The van der Waals surface area contributed by atoms with E-state index in [1.54, 1.807) is 20.8 Å². The molecule has 0 heterocycles. The monoisotopic (exact) mass is 184 g/mol. The number of rotatable bonds is 4. The first-order valence-corrected chi connectivity index (χ1v) is 4.18. The molecular weight excluding hydrogens is 168 g/mol. The number of esters is 1. The molecule has 1 N–H and O–H groups in total. The second-order valence-electron chi connectivity index (χ2n) is 3.26. The van der Waals surface area contributed by atoms with Crippen molar-refractivity contribution in [1.82, 2.24) is 0 Å². The molecule has 74 valence electrons. The third kappa shape index (κ3) is 3.05. The van der Waals surface area contributed by atoms with Gasteiger partial charge in [0.25, 0.3) is 0 Å². The summed E-state index contributed by atoms with van der Waals surface area (Å²) in [4.78, 5) is 11.3. The van der Waals surface area contributed by atoms with E-state index in [1.807, 2.05) is 0 Å². The highest BCUT2D eigenvalue weighted by atomic mass is 16.5. The fourth-order valence-electron chi connectivity index (χ4n) is 0.758. The van der Waals surface area contributed by atoms with Crippen LogP contribution in [-0.2, 0) is 9.53 Å². The van der Waals surface area contributed by atoms with Gasteiger partial charge in [-0.2, -0.15) is 0 Å². The molecule has 0 fully saturated rings. The second kappa shape index (κ2) is 4.85. The molecule has 0 radical (unpaired) electrons. The van der Waals surface area contributed by atoms with E-state index in [0.717, 1.165) is 0 Å². The maximum atomic E-state index is 11.3. The van der Waals surface area contributed by atoms with Gasteiger partial charge in [0.05, 0.1) is 18.1 Å². The van der Waals surface area contributed by atoms with Gasteiger partial charge in [0.15, 0.2) is 0 Å². The van der Waals surface area contributed by atoms with Gasteiger partial charge in [-0.15, -0.1) is 5.73 Å². The normalized spacial score (nSPS) is 12.9. The van der Waals surface area contributed by atoms with Crippen LogP contribution < -0.4 is 0 Å². The van der Waals surface area contributed by atoms with Gasteiger partial charge < -0.3 is 9.84 Å². The Balaban J connectivity index is 4.53. The predicted octanol–water partition coefficient (Wildman–Crippen LogP) is 1.28. The van der Waals surface area contributed by atoms with Crippen LogP contribution in [0.5, 0.6) is 0 Å². The van der Waals surface area contributed by atoms with Crippen molar-refractivity contribution in [2.24, 2.45) is 5.41 Å². The maximum Gasteiger partial charge on any atom is 0.314 e. The summed E-state index contributed by atoms with van der Waals surface area (Å²) in [6.45, 7) is 8.59. The first-order valence-electron chi connectivity index (χ1n) is 4.18. The Morgan fingerprint density at radius 3 is 2.69 bits per heavy atom. The number of hydrogen-bond acceptors (Lipinski definition) is 3. The van der Waals surface area contributed by atoms with Gasteiger partial charge in [-0.05, 0) is 26.8 Å². The minimum Gasteiger partial charge on any atom is -0.465 e. The van der Waals surface area contributed by atoms with Crippen LogP contribution in [-0.4, -0.2) is 23.8 Å². The van der Waals surface area contributed by atoms with E-state index in [4.69, 9.17) is 4.74 Å². The Labute approximate surface area is 78.7 Å². The molecular formula is C10H16O3. The largest absolute Gasteiger partial charge is 0.465 e. The molecule has 3 heteroatoms. The summed E-state index contributed by atoms with van der Waals surface area (Å²) in [6.07, 6.45) is 0.431. The minimum absolute atomic E-state index is 0.312. The fraction of sp³-hybridized carbons (Fsp3) is 0.600. The van der Waals surface area contributed by atoms with Crippen molar-refractivity contribution in [3.63, 3.8) is 0 Å². The molecule has 0 bridgehead atoms. The lowest BCUT2D eigenvalue weighted by Crippen LogP contribution is -2.37. The fourth-order valence-corrected chi connectivity index (χ4v) is 0.758. The second-order valence-corrected chi connectivity index (χ2v) is 3.26. The SMILES string of the molecule is C=C=C[C@@H](O)C(C)(C)C(=O)OCC. The summed E-state index contributed by atoms with van der Waals surface area (Å²) < 4.78 is 4.81. The Kier molecular flexibility index (Phi) is 4.46. The summed E-state index contributed by atoms with van der Waals surface area (Å²) in [5.41, 5.74) is 1.49. The van der Waals surface area contributed by atoms with Crippen LogP contribution in [0.25, 0.3) is 0 Å². The summed E-state index contributed by atoms with van der Waals surface area (Å²) in [5, 5.41) is 9.52. The van der Waals surface area contributed by atoms with E-state index in [-0.39, 0.29) is 0 Å². The standard InChI is InChI=1S/C10H16O3/c1-5-7-8(11)10(3,4)9(12)13-6-2/h7-8,11H,1,6H2,2-4H3/t8-/m1/s1. The molecule has 13 heavy (non-hydrogen) atoms. The molecule has 0 spiro atoms. The van der Waals surface area contributed by atoms with Crippen molar-refractivity contribution in [2.45, 2.75) is 26.9 Å². The van der Waals surface area contributed by atoms with Crippen LogP contribution in [0.2, 0.25) is 0 Å². The third-order valence-electron chi connectivity index (χ3n) is 1.82. The summed E-state index contributed by atoms with van der Waals surface area (Å²) in [6, 6.07) is 0. The highest BCUT2D eigenvalue weighted by molar-refractivity contribution is 5.77. The van der Waals surface area contributed by atoms with Crippen LogP contribution in [0.1, 0.15) is 20.8 Å². The molecule has 0 aliphatic heterocycles. The van der Waals surface area contributed by atoms with Gasteiger partial charge >= 0.3 is 5.97 Å². The Bertz CT molecular complexity index is 224. The molecule has 0 saturated heterocycles. The smallest absolute Gasteiger partial charge is 0.314 e. The molecule has 0 aliphatic rings. The molecule has 1 atom stereocenters.